The molecular weight excluding hydrogens is 375 g/mol. The van der Waals surface area contributed by atoms with Crippen molar-refractivity contribution in [1.29, 1.82) is 0 Å². The first kappa shape index (κ1) is 14.3. The van der Waals surface area contributed by atoms with Gasteiger partial charge in [0.1, 0.15) is 5.75 Å². The molecule has 0 aromatic heterocycles. The normalized spacial score (nSPS) is 44.8. The van der Waals surface area contributed by atoms with E-state index >= 15 is 0 Å². The molecule has 3 aliphatic rings. The molecule has 4 rings (SSSR count). The Kier molecular flexibility index (Phi) is 3.31. The van der Waals surface area contributed by atoms with Gasteiger partial charge in [-0.25, -0.2) is 0 Å². The van der Waals surface area contributed by atoms with E-state index in [1.165, 1.54) is 30.4 Å². The molecule has 3 aliphatic carbocycles. The fourth-order valence-corrected chi connectivity index (χ4v) is 6.88. The molecule has 0 unspecified atom stereocenters. The van der Waals surface area contributed by atoms with Gasteiger partial charge in [0.15, 0.2) is 0 Å². The van der Waals surface area contributed by atoms with Crippen LogP contribution in [0.2, 0.25) is 0 Å². The fraction of sp³-hybridized carbons (Fsp3) is 0.667. The van der Waals surface area contributed by atoms with Crippen LogP contribution < -0.4 is 0 Å². The molecule has 0 saturated heterocycles. The lowest BCUT2D eigenvalue weighted by atomic mass is 9.55. The summed E-state index contributed by atoms with van der Waals surface area (Å²) in [5.41, 5.74) is 2.95. The van der Waals surface area contributed by atoms with Crippen LogP contribution in [0.4, 0.5) is 0 Å². The monoisotopic (exact) mass is 398 g/mol. The number of phenolic OH excluding ortho intramolecular Hbond substituents is 1. The summed E-state index contributed by atoms with van der Waals surface area (Å²) in [4.78, 5) is 0. The first-order valence-electron chi connectivity index (χ1n) is 8.14. The second kappa shape index (κ2) is 4.85. The zero-order chi connectivity index (χ0) is 14.8. The number of aliphatic hydroxyl groups is 1. The summed E-state index contributed by atoms with van der Waals surface area (Å²) in [6.45, 7) is 2.32. The molecule has 21 heavy (non-hydrogen) atoms. The maximum Gasteiger partial charge on any atom is 0.115 e. The van der Waals surface area contributed by atoms with Crippen LogP contribution in [0.15, 0.2) is 18.2 Å². The third kappa shape index (κ3) is 1.99. The average molecular weight is 398 g/mol. The molecule has 0 radical (unpaired) electrons. The van der Waals surface area contributed by atoms with Crippen molar-refractivity contribution < 1.29 is 10.2 Å². The highest BCUT2D eigenvalue weighted by atomic mass is 127. The van der Waals surface area contributed by atoms with Crippen LogP contribution in [0.3, 0.4) is 0 Å². The molecular formula is C18H23IO2. The van der Waals surface area contributed by atoms with Crippen LogP contribution in [0.25, 0.3) is 0 Å². The van der Waals surface area contributed by atoms with E-state index in [0.29, 0.717) is 21.5 Å². The van der Waals surface area contributed by atoms with Gasteiger partial charge in [0.2, 0.25) is 0 Å². The Balaban J connectivity index is 1.71. The second-order valence-electron chi connectivity index (χ2n) is 7.54. The topological polar surface area (TPSA) is 40.5 Å². The highest BCUT2D eigenvalue weighted by Gasteiger charge is 2.57. The number of aliphatic hydroxyl groups excluding tert-OH is 1. The van der Waals surface area contributed by atoms with Crippen LogP contribution in [0.1, 0.15) is 49.7 Å². The first-order chi connectivity index (χ1) is 10.0. The lowest BCUT2D eigenvalue weighted by Crippen LogP contribution is -2.44. The zero-order valence-electron chi connectivity index (χ0n) is 12.4. The van der Waals surface area contributed by atoms with Crippen molar-refractivity contribution in [3.8, 4) is 5.75 Å². The molecule has 2 fully saturated rings. The Morgan fingerprint density at radius 2 is 2.10 bits per heavy atom. The second-order valence-corrected chi connectivity index (χ2v) is 9.14. The lowest BCUT2D eigenvalue weighted by Gasteiger charge is -2.50. The number of phenols is 1. The van der Waals surface area contributed by atoms with Gasteiger partial charge in [-0.2, -0.15) is 0 Å². The predicted molar refractivity (Wildman–Crippen MR) is 91.9 cm³/mol. The summed E-state index contributed by atoms with van der Waals surface area (Å²) in [7, 11) is 0. The standard InChI is InChI=1S/C18H23IO2/c1-18-7-6-13-12-5-3-11(20)8-10(12)2-4-14(13)15(18)9-16(19)17(18)21/h3,5,8,13-17,20-21H,2,4,6-7,9H2,1H3/t13-,14-,15+,16+,17+,18+/m1/s1. The average Bonchev–Trinajstić information content (AvgIpc) is 2.70. The Hall–Kier alpha value is -0.290. The Morgan fingerprint density at radius 1 is 1.29 bits per heavy atom. The van der Waals surface area contributed by atoms with Crippen molar-refractivity contribution in [2.24, 2.45) is 17.3 Å². The van der Waals surface area contributed by atoms with E-state index in [1.807, 2.05) is 12.1 Å². The maximum atomic E-state index is 10.6. The number of rotatable bonds is 0. The Morgan fingerprint density at radius 3 is 2.90 bits per heavy atom. The highest BCUT2D eigenvalue weighted by molar-refractivity contribution is 14.1. The van der Waals surface area contributed by atoms with Crippen LogP contribution in [0, 0.1) is 17.3 Å². The summed E-state index contributed by atoms with van der Waals surface area (Å²) < 4.78 is 0.414. The molecule has 0 aliphatic heterocycles. The summed E-state index contributed by atoms with van der Waals surface area (Å²) in [6, 6.07) is 5.96. The molecule has 0 heterocycles. The molecule has 1 aromatic rings. The van der Waals surface area contributed by atoms with Gasteiger partial charge in [-0.3, -0.25) is 0 Å². The smallest absolute Gasteiger partial charge is 0.115 e. The minimum absolute atomic E-state index is 0.126. The largest absolute Gasteiger partial charge is 0.508 e. The van der Waals surface area contributed by atoms with E-state index in [0.717, 1.165) is 18.8 Å². The van der Waals surface area contributed by atoms with Crippen molar-refractivity contribution in [1.82, 2.24) is 0 Å². The highest BCUT2D eigenvalue weighted by Crippen LogP contribution is 2.62. The van der Waals surface area contributed by atoms with E-state index in [9.17, 15) is 10.2 Å². The van der Waals surface area contributed by atoms with Crippen LogP contribution >= 0.6 is 22.6 Å². The number of hydrogen-bond acceptors (Lipinski definition) is 2. The third-order valence-electron chi connectivity index (χ3n) is 6.65. The number of benzene rings is 1. The third-order valence-corrected chi connectivity index (χ3v) is 7.83. The molecule has 0 amide bonds. The zero-order valence-corrected chi connectivity index (χ0v) is 14.6. The van der Waals surface area contributed by atoms with Gasteiger partial charge in [-0.15, -0.1) is 0 Å². The van der Waals surface area contributed by atoms with E-state index in [4.69, 9.17) is 0 Å². The number of alkyl halides is 1. The minimum atomic E-state index is -0.134. The number of halogens is 1. The quantitative estimate of drug-likeness (QED) is 0.512. The summed E-state index contributed by atoms with van der Waals surface area (Å²) in [6.07, 6.45) is 5.67. The molecule has 0 spiro atoms. The molecule has 3 heteroatoms. The van der Waals surface area contributed by atoms with E-state index in [2.05, 4.69) is 35.6 Å². The van der Waals surface area contributed by atoms with Crippen molar-refractivity contribution in [3.05, 3.63) is 29.3 Å². The van der Waals surface area contributed by atoms with Gasteiger partial charge >= 0.3 is 0 Å². The van der Waals surface area contributed by atoms with Crippen LogP contribution in [-0.2, 0) is 6.42 Å². The SMILES string of the molecule is C[C@]12CC[C@@H]3c4ccc(O)cc4CC[C@H]3[C@@H]1C[C@H](I)[C@@H]2O. The minimum Gasteiger partial charge on any atom is -0.508 e. The van der Waals surface area contributed by atoms with Crippen molar-refractivity contribution in [3.63, 3.8) is 0 Å². The summed E-state index contributed by atoms with van der Waals surface area (Å²) >= 11 is 2.46. The fourth-order valence-electron chi connectivity index (χ4n) is 5.51. The first-order valence-corrected chi connectivity index (χ1v) is 9.39. The summed E-state index contributed by atoms with van der Waals surface area (Å²) in [5.74, 6) is 2.42. The van der Waals surface area contributed by atoms with Crippen LogP contribution in [0.5, 0.6) is 5.75 Å². The maximum absolute atomic E-state index is 10.6. The Labute approximate surface area is 140 Å². The lowest BCUT2D eigenvalue weighted by molar-refractivity contribution is -0.0208. The van der Waals surface area contributed by atoms with Gasteiger partial charge in [0.25, 0.3) is 0 Å². The van der Waals surface area contributed by atoms with Crippen molar-refractivity contribution >= 4 is 22.6 Å². The van der Waals surface area contributed by atoms with Gasteiger partial charge in [-0.1, -0.05) is 35.6 Å². The predicted octanol–water partition coefficient (Wildman–Crippen LogP) is 4.02. The number of fused-ring (bicyclic) bond motifs is 5. The number of hydrogen-bond donors (Lipinski definition) is 2. The van der Waals surface area contributed by atoms with Crippen LogP contribution in [-0.4, -0.2) is 20.2 Å². The van der Waals surface area contributed by atoms with Gasteiger partial charge in [0.05, 0.1) is 6.10 Å². The van der Waals surface area contributed by atoms with E-state index in [-0.39, 0.29) is 11.5 Å². The molecule has 6 atom stereocenters. The molecule has 2 saturated carbocycles. The van der Waals surface area contributed by atoms with E-state index < -0.39 is 0 Å². The van der Waals surface area contributed by atoms with Gasteiger partial charge in [-0.05, 0) is 78.5 Å². The van der Waals surface area contributed by atoms with Crippen molar-refractivity contribution in [2.45, 2.75) is 55.0 Å². The molecule has 1 aromatic carbocycles. The number of aromatic hydroxyl groups is 1. The van der Waals surface area contributed by atoms with Crippen molar-refractivity contribution in [2.75, 3.05) is 0 Å². The molecule has 114 valence electrons. The van der Waals surface area contributed by atoms with E-state index in [1.54, 1.807) is 0 Å². The van der Waals surface area contributed by atoms with Gasteiger partial charge < -0.3 is 10.2 Å². The molecule has 0 bridgehead atoms. The number of aryl methyl sites for hydroxylation is 1. The Bertz CT molecular complexity index is 572. The van der Waals surface area contributed by atoms with Gasteiger partial charge in [0, 0.05) is 3.92 Å². The molecule has 2 nitrogen and oxygen atoms in total. The summed E-state index contributed by atoms with van der Waals surface area (Å²) in [5, 5.41) is 20.3. The molecule has 2 N–H and O–H groups in total.